The van der Waals surface area contributed by atoms with Crippen LogP contribution in [0.1, 0.15) is 56.2 Å². The van der Waals surface area contributed by atoms with Crippen molar-refractivity contribution in [2.24, 2.45) is 0 Å². The minimum Gasteiger partial charge on any atom is -0.353 e. The number of rotatable bonds is 0. The van der Waals surface area contributed by atoms with Gasteiger partial charge in [-0.1, -0.05) is 111 Å². The number of H-pyrrole nitrogens is 2. The first-order valence-corrected chi connectivity index (χ1v) is 24.4. The highest BCUT2D eigenvalue weighted by atomic mass is 28.3. The molecule has 0 unspecified atom stereocenters. The minimum atomic E-state index is -1.74. The number of nitrogens with zero attached hydrogens (tertiary/aromatic N) is 2. The fourth-order valence-electron chi connectivity index (χ4n) is 5.54. The van der Waals surface area contributed by atoms with E-state index in [0.717, 1.165) is 78.2 Å². The van der Waals surface area contributed by atoms with Gasteiger partial charge in [-0.3, -0.25) is 0 Å². The van der Waals surface area contributed by atoms with Gasteiger partial charge in [0.05, 0.1) is 67.1 Å². The second kappa shape index (κ2) is 14.1. The van der Waals surface area contributed by atoms with Crippen LogP contribution < -0.4 is 0 Å². The molecule has 0 aliphatic carbocycles. The summed E-state index contributed by atoms with van der Waals surface area (Å²) in [7, 11) is -3.47. The number of nitrogens with one attached hydrogen (secondary N) is 2. The molecule has 3 aromatic heterocycles. The van der Waals surface area contributed by atoms with Crippen molar-refractivity contribution in [1.29, 1.82) is 0 Å². The fourth-order valence-corrected chi connectivity index (χ4v) is 6.54. The molecular weight excluding hydrogens is 665 g/mol. The van der Waals surface area contributed by atoms with Crippen molar-refractivity contribution in [3.63, 3.8) is 0 Å². The molecule has 2 aliphatic heterocycles. The Morgan fingerprint density at radius 3 is 1.12 bits per heavy atom. The zero-order valence-corrected chi connectivity index (χ0v) is 32.3. The third kappa shape index (κ3) is 8.02. The van der Waals surface area contributed by atoms with Gasteiger partial charge in [-0.15, -0.1) is 11.1 Å². The average molecular weight is 703 g/mol. The molecule has 0 amide bonds. The zero-order chi connectivity index (χ0) is 36.3. The first kappa shape index (κ1) is 34.2. The molecule has 7 rings (SSSR count). The van der Waals surface area contributed by atoms with Crippen LogP contribution in [0.2, 0.25) is 39.3 Å². The van der Waals surface area contributed by atoms with Crippen LogP contribution in [0.15, 0.2) is 84.9 Å². The molecule has 0 fully saturated rings. The number of aromatic nitrogens is 4. The second-order valence-electron chi connectivity index (χ2n) is 14.7. The van der Waals surface area contributed by atoms with E-state index in [1.807, 2.05) is 85.0 Å². The van der Waals surface area contributed by atoms with E-state index in [9.17, 15) is 0 Å². The van der Waals surface area contributed by atoms with Crippen LogP contribution in [0.4, 0.5) is 0 Å². The summed E-state index contributed by atoms with van der Waals surface area (Å²) in [5.74, 6) is 20.7. The Bertz CT molecular complexity index is 2550. The van der Waals surface area contributed by atoms with Gasteiger partial charge in [0, 0.05) is 11.1 Å². The molecule has 8 bridgehead atoms. The molecule has 0 saturated carbocycles. The van der Waals surface area contributed by atoms with Gasteiger partial charge in [0.2, 0.25) is 0 Å². The van der Waals surface area contributed by atoms with Gasteiger partial charge in [-0.2, -0.15) is 0 Å². The van der Waals surface area contributed by atoms with Gasteiger partial charge in [-0.05, 0) is 72.8 Å². The fraction of sp³-hybridized carbons (Fsp3) is 0.130. The van der Waals surface area contributed by atoms with Crippen LogP contribution in [0, 0.1) is 46.6 Å². The molecule has 250 valence electrons. The van der Waals surface area contributed by atoms with Gasteiger partial charge >= 0.3 is 0 Å². The Morgan fingerprint density at radius 1 is 0.385 bits per heavy atom. The lowest BCUT2D eigenvalue weighted by molar-refractivity contribution is 1.25. The Kier molecular flexibility index (Phi) is 9.30. The maximum Gasteiger partial charge on any atom is 0.129 e. The predicted molar refractivity (Wildman–Crippen MR) is 224 cm³/mol. The van der Waals surface area contributed by atoms with E-state index in [2.05, 4.69) is 120 Å². The molecule has 2 aliphatic rings. The van der Waals surface area contributed by atoms with Crippen molar-refractivity contribution in [3.8, 4) is 46.6 Å². The Hall–Kier alpha value is -6.29. The normalized spacial score (nSPS) is 11.7. The third-order valence-corrected chi connectivity index (χ3v) is 9.84. The van der Waals surface area contributed by atoms with Crippen LogP contribution >= 0.6 is 0 Å². The van der Waals surface area contributed by atoms with Gasteiger partial charge in [0.25, 0.3) is 0 Å². The van der Waals surface area contributed by atoms with Crippen LogP contribution in [0.25, 0.3) is 46.4 Å². The molecule has 0 saturated heterocycles. The molecule has 52 heavy (non-hydrogen) atoms. The highest BCUT2D eigenvalue weighted by Gasteiger charge is 2.17. The highest BCUT2D eigenvalue weighted by molar-refractivity contribution is 6.84. The van der Waals surface area contributed by atoms with Crippen molar-refractivity contribution < 1.29 is 0 Å². The summed E-state index contributed by atoms with van der Waals surface area (Å²) < 4.78 is 0. The lowest BCUT2D eigenvalue weighted by Crippen LogP contribution is -2.16. The van der Waals surface area contributed by atoms with Gasteiger partial charge in [-0.25, -0.2) is 9.97 Å². The SMILES string of the molecule is C[Si](C)(C)C#Cc1c2nc(c(C#Cc3ccccc3)c3ccc([nH]3)c(C#C[Si](C)(C)C)c3ccc([nH]3)c(C#Cc3ccccc3)c3nc1C=C3)C=C2. The standard InChI is InChI=1S/C46H38N4Si2/c1-51(2,3)31-29-37-43-25-21-39(47-43)35(19-17-33-13-9-7-10-14-33)41-23-27-45(49-41)38(30-32-52(4,5)6)46-28-24-42(50-46)36(40-22-26-44(37)48-40)20-18-34-15-11-8-12-16-34/h7-16,21-28,47-48H,1-6H3. The number of aromatic amines is 2. The van der Waals surface area contributed by atoms with Gasteiger partial charge < -0.3 is 9.97 Å². The summed E-state index contributed by atoms with van der Waals surface area (Å²) in [5.41, 5.74) is 18.8. The molecule has 0 atom stereocenters. The van der Waals surface area contributed by atoms with Crippen molar-refractivity contribution >= 4 is 62.5 Å². The highest BCUT2D eigenvalue weighted by Crippen LogP contribution is 2.27. The number of hydrogen-bond acceptors (Lipinski definition) is 2. The Balaban J connectivity index is 1.63. The lowest BCUT2D eigenvalue weighted by atomic mass is 10.1. The molecule has 0 radical (unpaired) electrons. The quantitative estimate of drug-likeness (QED) is 0.122. The summed E-state index contributed by atoms with van der Waals surface area (Å²) in [6.07, 6.45) is 8.10. The zero-order valence-electron chi connectivity index (χ0n) is 30.3. The van der Waals surface area contributed by atoms with Crippen molar-refractivity contribution in [2.45, 2.75) is 39.3 Å². The summed E-state index contributed by atoms with van der Waals surface area (Å²) in [5, 5.41) is 0. The summed E-state index contributed by atoms with van der Waals surface area (Å²) in [4.78, 5) is 17.7. The van der Waals surface area contributed by atoms with Crippen LogP contribution in [0.5, 0.6) is 0 Å². The first-order valence-electron chi connectivity index (χ1n) is 17.4. The van der Waals surface area contributed by atoms with Crippen molar-refractivity contribution in [3.05, 3.63) is 141 Å². The largest absolute Gasteiger partial charge is 0.353 e. The summed E-state index contributed by atoms with van der Waals surface area (Å²) in [6.45, 7) is 13.5. The van der Waals surface area contributed by atoms with E-state index in [-0.39, 0.29) is 0 Å². The van der Waals surface area contributed by atoms with E-state index in [1.54, 1.807) is 0 Å². The van der Waals surface area contributed by atoms with Crippen LogP contribution in [0.3, 0.4) is 0 Å². The Labute approximate surface area is 308 Å². The molecule has 4 nitrogen and oxygen atoms in total. The minimum absolute atomic E-state index is 0.760. The third-order valence-electron chi connectivity index (χ3n) is 8.09. The van der Waals surface area contributed by atoms with Crippen molar-refractivity contribution in [1.82, 2.24) is 19.9 Å². The van der Waals surface area contributed by atoms with Crippen molar-refractivity contribution in [2.75, 3.05) is 0 Å². The van der Waals surface area contributed by atoms with Crippen LogP contribution in [-0.2, 0) is 0 Å². The second-order valence-corrected chi connectivity index (χ2v) is 24.2. The van der Waals surface area contributed by atoms with E-state index in [4.69, 9.17) is 9.97 Å². The Morgan fingerprint density at radius 2 is 0.731 bits per heavy atom. The lowest BCUT2D eigenvalue weighted by Gasteiger charge is -2.04. The summed E-state index contributed by atoms with van der Waals surface area (Å²) in [6, 6.07) is 28.3. The topological polar surface area (TPSA) is 57.4 Å². The van der Waals surface area contributed by atoms with E-state index in [1.165, 1.54) is 0 Å². The first-order chi connectivity index (χ1) is 25.0. The van der Waals surface area contributed by atoms with E-state index >= 15 is 0 Å². The smallest absolute Gasteiger partial charge is 0.129 e. The molecule has 6 heteroatoms. The molecule has 0 spiro atoms. The number of fused-ring (bicyclic) bond motifs is 8. The molecule has 5 aromatic rings. The van der Waals surface area contributed by atoms with Crippen LogP contribution in [-0.4, -0.2) is 36.1 Å². The number of hydrogen-bond donors (Lipinski definition) is 2. The molecule has 5 heterocycles. The number of benzene rings is 2. The molecule has 2 aromatic carbocycles. The average Bonchev–Trinajstić information content (AvgIpc) is 3.95. The van der Waals surface area contributed by atoms with Gasteiger partial charge in [0.15, 0.2) is 0 Å². The monoisotopic (exact) mass is 702 g/mol. The molecular formula is C46H38N4Si2. The van der Waals surface area contributed by atoms with E-state index < -0.39 is 16.1 Å². The summed E-state index contributed by atoms with van der Waals surface area (Å²) >= 11 is 0. The van der Waals surface area contributed by atoms with E-state index in [0.29, 0.717) is 0 Å². The maximum absolute atomic E-state index is 5.18. The maximum atomic E-state index is 5.18. The predicted octanol–water partition coefficient (Wildman–Crippen LogP) is 9.91. The van der Waals surface area contributed by atoms with Gasteiger partial charge in [0.1, 0.15) is 16.1 Å². The molecule has 2 N–H and O–H groups in total.